The Bertz CT molecular complexity index is 852. The normalized spacial score (nSPS) is 19.4. The van der Waals surface area contributed by atoms with Crippen LogP contribution in [-0.4, -0.2) is 30.5 Å². The van der Waals surface area contributed by atoms with Gasteiger partial charge < -0.3 is 20.1 Å². The molecule has 2 aromatic rings. The Balaban J connectivity index is 1.88. The largest absolute Gasteiger partial charge is 0.467 e. The summed E-state index contributed by atoms with van der Waals surface area (Å²) in [6.45, 7) is 1.35. The van der Waals surface area contributed by atoms with Crippen molar-refractivity contribution in [1.29, 1.82) is 0 Å². The Labute approximate surface area is 150 Å². The minimum atomic E-state index is -1.82. The van der Waals surface area contributed by atoms with Gasteiger partial charge in [-0.1, -0.05) is 42.5 Å². The first kappa shape index (κ1) is 17.5. The van der Waals surface area contributed by atoms with E-state index in [2.05, 4.69) is 10.6 Å². The number of hydrogen-bond donors (Lipinski definition) is 2. The van der Waals surface area contributed by atoms with Crippen molar-refractivity contribution < 1.29 is 23.9 Å². The summed E-state index contributed by atoms with van der Waals surface area (Å²) >= 11 is 0. The van der Waals surface area contributed by atoms with E-state index in [4.69, 9.17) is 9.47 Å². The fourth-order valence-corrected chi connectivity index (χ4v) is 2.63. The average molecular weight is 354 g/mol. The molecular formula is C19H18N2O5. The third-order valence-electron chi connectivity index (χ3n) is 4.16. The van der Waals surface area contributed by atoms with Gasteiger partial charge in [-0.2, -0.15) is 0 Å². The van der Waals surface area contributed by atoms with Crippen molar-refractivity contribution in [3.63, 3.8) is 0 Å². The third-order valence-corrected chi connectivity index (χ3v) is 4.16. The van der Waals surface area contributed by atoms with Gasteiger partial charge in [0.1, 0.15) is 5.75 Å². The lowest BCUT2D eigenvalue weighted by Gasteiger charge is -2.34. The predicted octanol–water partition coefficient (Wildman–Crippen LogP) is 1.81. The van der Waals surface area contributed by atoms with Gasteiger partial charge >= 0.3 is 5.97 Å². The molecule has 1 aliphatic rings. The minimum absolute atomic E-state index is 0.374. The fraction of sp³-hybridized carbons (Fsp3) is 0.211. The van der Waals surface area contributed by atoms with Crippen LogP contribution in [0.5, 0.6) is 5.75 Å². The summed E-state index contributed by atoms with van der Waals surface area (Å²) in [5, 5.41) is 5.20. The van der Waals surface area contributed by atoms with Gasteiger partial charge in [0.25, 0.3) is 17.4 Å². The molecule has 1 heterocycles. The molecule has 2 N–H and O–H groups in total. The SMILES string of the molecule is COC(=O)C(NC(=O)C1(C)Oc2ccccc2NC1=O)c1ccccc1. The maximum absolute atomic E-state index is 12.8. The zero-order valence-electron chi connectivity index (χ0n) is 14.3. The summed E-state index contributed by atoms with van der Waals surface area (Å²) in [4.78, 5) is 37.4. The molecule has 0 aromatic heterocycles. The summed E-state index contributed by atoms with van der Waals surface area (Å²) < 4.78 is 10.4. The highest BCUT2D eigenvalue weighted by Crippen LogP contribution is 2.33. The Hall–Kier alpha value is -3.35. The predicted molar refractivity (Wildman–Crippen MR) is 93.4 cm³/mol. The van der Waals surface area contributed by atoms with Gasteiger partial charge in [0, 0.05) is 0 Å². The number of carbonyl (C=O) groups is 3. The number of methoxy groups -OCH3 is 1. The van der Waals surface area contributed by atoms with Gasteiger partial charge in [0.05, 0.1) is 12.8 Å². The van der Waals surface area contributed by atoms with Gasteiger partial charge in [-0.05, 0) is 24.6 Å². The summed E-state index contributed by atoms with van der Waals surface area (Å²) in [6.07, 6.45) is 0. The van der Waals surface area contributed by atoms with E-state index >= 15 is 0 Å². The van der Waals surface area contributed by atoms with E-state index in [-0.39, 0.29) is 0 Å². The number of amides is 2. The smallest absolute Gasteiger partial charge is 0.333 e. The fourth-order valence-electron chi connectivity index (χ4n) is 2.63. The van der Waals surface area contributed by atoms with Crippen LogP contribution in [-0.2, 0) is 19.1 Å². The Kier molecular flexibility index (Phi) is 4.62. The summed E-state index contributed by atoms with van der Waals surface area (Å²) in [6, 6.07) is 14.4. The molecule has 26 heavy (non-hydrogen) atoms. The molecule has 2 atom stereocenters. The van der Waals surface area contributed by atoms with E-state index in [9.17, 15) is 14.4 Å². The second kappa shape index (κ2) is 6.87. The topological polar surface area (TPSA) is 93.7 Å². The molecule has 2 unspecified atom stereocenters. The Morgan fingerprint density at radius 3 is 2.46 bits per heavy atom. The number of esters is 1. The van der Waals surface area contributed by atoms with E-state index in [1.165, 1.54) is 14.0 Å². The lowest BCUT2D eigenvalue weighted by Crippen LogP contribution is -2.59. The number of rotatable bonds is 4. The molecule has 0 saturated carbocycles. The molecule has 2 aromatic carbocycles. The lowest BCUT2D eigenvalue weighted by molar-refractivity contribution is -0.152. The molecule has 7 heteroatoms. The highest BCUT2D eigenvalue weighted by atomic mass is 16.5. The van der Waals surface area contributed by atoms with E-state index in [1.807, 2.05) is 0 Å². The van der Waals surface area contributed by atoms with E-state index in [0.717, 1.165) is 0 Å². The average Bonchev–Trinajstić information content (AvgIpc) is 2.66. The molecule has 0 fully saturated rings. The number of ether oxygens (including phenoxy) is 2. The molecule has 0 aliphatic carbocycles. The molecular weight excluding hydrogens is 336 g/mol. The van der Waals surface area contributed by atoms with Gasteiger partial charge in [-0.25, -0.2) is 4.79 Å². The van der Waals surface area contributed by atoms with Crippen molar-refractivity contribution in [2.45, 2.75) is 18.6 Å². The molecule has 2 amide bonds. The number of carbonyl (C=O) groups excluding carboxylic acids is 3. The number of fused-ring (bicyclic) bond motifs is 1. The first-order valence-corrected chi connectivity index (χ1v) is 7.99. The number of nitrogens with one attached hydrogen (secondary N) is 2. The van der Waals surface area contributed by atoms with Crippen LogP contribution in [0.25, 0.3) is 0 Å². The highest BCUT2D eigenvalue weighted by molar-refractivity contribution is 6.15. The van der Waals surface area contributed by atoms with Crippen molar-refractivity contribution in [2.75, 3.05) is 12.4 Å². The zero-order chi connectivity index (χ0) is 18.7. The second-order valence-electron chi connectivity index (χ2n) is 5.93. The summed E-state index contributed by atoms with van der Waals surface area (Å²) in [7, 11) is 1.23. The van der Waals surface area contributed by atoms with E-state index in [0.29, 0.717) is 17.0 Å². The van der Waals surface area contributed by atoms with Gasteiger partial charge in [-0.3, -0.25) is 9.59 Å². The molecule has 0 radical (unpaired) electrons. The molecule has 1 aliphatic heterocycles. The monoisotopic (exact) mass is 354 g/mol. The first-order valence-electron chi connectivity index (χ1n) is 7.99. The molecule has 0 saturated heterocycles. The summed E-state index contributed by atoms with van der Waals surface area (Å²) in [5.74, 6) is -1.64. The van der Waals surface area contributed by atoms with Crippen molar-refractivity contribution >= 4 is 23.5 Å². The van der Waals surface area contributed by atoms with Crippen molar-refractivity contribution in [3.8, 4) is 5.75 Å². The van der Waals surface area contributed by atoms with E-state index in [1.54, 1.807) is 54.6 Å². The molecule has 0 bridgehead atoms. The summed E-state index contributed by atoms with van der Waals surface area (Å²) in [5.41, 5.74) is -0.807. The Morgan fingerprint density at radius 1 is 1.12 bits per heavy atom. The number of anilines is 1. The highest BCUT2D eigenvalue weighted by Gasteiger charge is 2.48. The van der Waals surface area contributed by atoms with E-state index < -0.39 is 29.4 Å². The van der Waals surface area contributed by atoms with Crippen LogP contribution in [0.15, 0.2) is 54.6 Å². The maximum Gasteiger partial charge on any atom is 0.333 e. The van der Waals surface area contributed by atoms with Crippen LogP contribution < -0.4 is 15.4 Å². The van der Waals surface area contributed by atoms with Crippen LogP contribution >= 0.6 is 0 Å². The number of hydrogen-bond acceptors (Lipinski definition) is 5. The molecule has 0 spiro atoms. The minimum Gasteiger partial charge on any atom is -0.467 e. The molecule has 134 valence electrons. The van der Waals surface area contributed by atoms with Crippen LogP contribution in [0.1, 0.15) is 18.5 Å². The second-order valence-corrected chi connectivity index (χ2v) is 5.93. The van der Waals surface area contributed by atoms with Crippen molar-refractivity contribution in [1.82, 2.24) is 5.32 Å². The van der Waals surface area contributed by atoms with Crippen LogP contribution in [0, 0.1) is 0 Å². The lowest BCUT2D eigenvalue weighted by atomic mass is 9.99. The maximum atomic E-state index is 12.8. The molecule has 3 rings (SSSR count). The van der Waals surface area contributed by atoms with Gasteiger partial charge in [-0.15, -0.1) is 0 Å². The number of para-hydroxylation sites is 2. The van der Waals surface area contributed by atoms with Gasteiger partial charge in [0.15, 0.2) is 6.04 Å². The van der Waals surface area contributed by atoms with Crippen molar-refractivity contribution in [2.24, 2.45) is 0 Å². The van der Waals surface area contributed by atoms with Crippen molar-refractivity contribution in [3.05, 3.63) is 60.2 Å². The quantitative estimate of drug-likeness (QED) is 0.645. The van der Waals surface area contributed by atoms with Gasteiger partial charge in [0.2, 0.25) is 0 Å². The Morgan fingerprint density at radius 2 is 1.77 bits per heavy atom. The molecule has 7 nitrogen and oxygen atoms in total. The van der Waals surface area contributed by atoms with Crippen LogP contribution in [0.4, 0.5) is 5.69 Å². The number of benzene rings is 2. The first-order chi connectivity index (χ1) is 12.5. The van der Waals surface area contributed by atoms with Crippen LogP contribution in [0.3, 0.4) is 0 Å². The zero-order valence-corrected chi connectivity index (χ0v) is 14.3. The standard InChI is InChI=1S/C19H18N2O5/c1-19(17(23)20-13-10-6-7-11-14(13)26-19)18(24)21-15(16(22)25-2)12-8-4-3-5-9-12/h3-11,15H,1-2H3,(H,20,23)(H,21,24). The van der Waals surface area contributed by atoms with Crippen LogP contribution in [0.2, 0.25) is 0 Å². The third kappa shape index (κ3) is 3.11.